The van der Waals surface area contributed by atoms with E-state index in [0.29, 0.717) is 18.6 Å². The van der Waals surface area contributed by atoms with Crippen molar-refractivity contribution < 1.29 is 51.2 Å². The van der Waals surface area contributed by atoms with Gasteiger partial charge in [0, 0.05) is 0 Å². The number of para-hydroxylation sites is 1. The van der Waals surface area contributed by atoms with Crippen molar-refractivity contribution in [1.82, 2.24) is 24.6 Å². The van der Waals surface area contributed by atoms with Crippen molar-refractivity contribution in [1.29, 1.82) is 0 Å². The molecule has 348 valence electrons. The van der Waals surface area contributed by atoms with E-state index >= 15 is 8.78 Å². The number of benzene rings is 4. The molecule has 6 aromatic rings. The monoisotopic (exact) mass is 926 g/mol. The quantitative estimate of drug-likeness (QED) is 0.0423. The first kappa shape index (κ1) is 46.6. The molecular formula is C48H53F2N6O9P. The van der Waals surface area contributed by atoms with Crippen molar-refractivity contribution in [2.24, 2.45) is 0 Å². The van der Waals surface area contributed by atoms with Gasteiger partial charge in [0.05, 0.1) is 20.0 Å². The molecule has 2 aliphatic rings. The van der Waals surface area contributed by atoms with Gasteiger partial charge in [0.1, 0.15) is 35.8 Å². The molecule has 4 aromatic carbocycles. The Kier molecular flexibility index (Phi) is 13.7. The lowest BCUT2D eigenvalue weighted by atomic mass is 9.77. The van der Waals surface area contributed by atoms with Crippen LogP contribution in [0.3, 0.4) is 0 Å². The van der Waals surface area contributed by atoms with Crippen molar-refractivity contribution in [3.05, 3.63) is 138 Å². The number of halogens is 2. The number of methoxy groups -OCH3 is 1. The lowest BCUT2D eigenvalue weighted by Crippen LogP contribution is -2.47. The van der Waals surface area contributed by atoms with Crippen LogP contribution in [0.25, 0.3) is 11.2 Å². The van der Waals surface area contributed by atoms with E-state index < -0.39 is 55.8 Å². The van der Waals surface area contributed by atoms with E-state index in [1.165, 1.54) is 25.4 Å². The number of nitrogens with zero attached hydrogens (tertiary/aromatic N) is 4. The van der Waals surface area contributed by atoms with E-state index in [4.69, 9.17) is 38.0 Å². The molecule has 1 aliphatic heterocycles. The van der Waals surface area contributed by atoms with Crippen LogP contribution in [0.4, 0.5) is 14.7 Å². The summed E-state index contributed by atoms with van der Waals surface area (Å²) in [6.45, 7) is 2.99. The van der Waals surface area contributed by atoms with E-state index in [2.05, 4.69) is 15.4 Å². The van der Waals surface area contributed by atoms with Gasteiger partial charge in [-0.2, -0.15) is 15.1 Å². The molecular weight excluding hydrogens is 874 g/mol. The van der Waals surface area contributed by atoms with Crippen molar-refractivity contribution in [3.63, 3.8) is 0 Å². The van der Waals surface area contributed by atoms with Gasteiger partial charge in [0.2, 0.25) is 11.8 Å². The zero-order valence-electron chi connectivity index (χ0n) is 37.0. The van der Waals surface area contributed by atoms with E-state index in [0.717, 1.165) is 47.4 Å². The molecule has 1 saturated heterocycles. The zero-order chi connectivity index (χ0) is 46.5. The second-order valence-electron chi connectivity index (χ2n) is 16.5. The number of hydrogen-bond donors (Lipinski definition) is 3. The molecule has 66 heavy (non-hydrogen) atoms. The molecule has 2 aromatic heterocycles. The number of rotatable bonds is 18. The van der Waals surface area contributed by atoms with Crippen molar-refractivity contribution >= 4 is 30.8 Å². The lowest BCUT2D eigenvalue weighted by molar-refractivity contribution is -0.202. The highest BCUT2D eigenvalue weighted by atomic mass is 31.2. The van der Waals surface area contributed by atoms with Crippen LogP contribution >= 0.6 is 7.75 Å². The molecule has 1 saturated carbocycles. The first-order chi connectivity index (χ1) is 31.8. The second-order valence-corrected chi connectivity index (χ2v) is 18.2. The van der Waals surface area contributed by atoms with Crippen molar-refractivity contribution in [2.75, 3.05) is 25.6 Å². The second kappa shape index (κ2) is 19.5. The minimum Gasteiger partial charge on any atom is -0.497 e. The fourth-order valence-electron chi connectivity index (χ4n) is 8.44. The Morgan fingerprint density at radius 1 is 0.909 bits per heavy atom. The SMILES string of the molecule is CCOc1nc(NC(c2ccccc2)(c2ccccc2)c2ccc(OC)cc2)nc2c1ncn2[C@@H]1O[C@](F)(COP(=O)(N[C@@H](C)C(=O)OC2CCCCC2)Oc2ccccc2)[C@@H](O)[C@@]1(C)F. The first-order valence-corrected chi connectivity index (χ1v) is 23.4. The number of alkyl halides is 2. The third kappa shape index (κ3) is 9.49. The van der Waals surface area contributed by atoms with Gasteiger partial charge in [-0.05, 0) is 87.4 Å². The van der Waals surface area contributed by atoms with Crippen LogP contribution in [0.15, 0.2) is 122 Å². The van der Waals surface area contributed by atoms with Crippen molar-refractivity contribution in [3.8, 4) is 17.4 Å². The van der Waals surface area contributed by atoms with Crippen LogP contribution in [-0.2, 0) is 28.9 Å². The van der Waals surface area contributed by atoms with Gasteiger partial charge in [0.25, 0.3) is 5.85 Å². The minimum absolute atomic E-state index is 0.0198. The summed E-state index contributed by atoms with van der Waals surface area (Å²) >= 11 is 0. The minimum atomic E-state index is -4.68. The topological polar surface area (TPSA) is 177 Å². The summed E-state index contributed by atoms with van der Waals surface area (Å²) < 4.78 is 84.1. The number of aliphatic hydroxyl groups is 1. The molecule has 2 fully saturated rings. The molecule has 8 rings (SSSR count). The molecule has 1 unspecified atom stereocenters. The number of hydrogen-bond acceptors (Lipinski definition) is 13. The Labute approximate surface area is 381 Å². The van der Waals surface area contributed by atoms with Crippen LogP contribution in [0.5, 0.6) is 17.4 Å². The van der Waals surface area contributed by atoms with Gasteiger partial charge >= 0.3 is 13.7 Å². The molecule has 3 N–H and O–H groups in total. The van der Waals surface area contributed by atoms with E-state index in [-0.39, 0.29) is 41.5 Å². The highest BCUT2D eigenvalue weighted by molar-refractivity contribution is 7.52. The average Bonchev–Trinajstić information content (AvgIpc) is 3.83. The van der Waals surface area contributed by atoms with Crippen LogP contribution in [0.2, 0.25) is 0 Å². The normalized spacial score (nSPS) is 22.6. The fourth-order valence-corrected chi connectivity index (χ4v) is 9.95. The molecule has 3 heterocycles. The fraction of sp³-hybridized carbons (Fsp3) is 0.375. The van der Waals surface area contributed by atoms with Crippen LogP contribution < -0.4 is 24.4 Å². The lowest BCUT2D eigenvalue weighted by Gasteiger charge is -2.37. The summed E-state index contributed by atoms with van der Waals surface area (Å²) in [5.74, 6) is -3.30. The van der Waals surface area contributed by atoms with Gasteiger partial charge in [-0.3, -0.25) is 13.9 Å². The molecule has 18 heteroatoms. The van der Waals surface area contributed by atoms with E-state index in [1.54, 1.807) is 32.2 Å². The Morgan fingerprint density at radius 3 is 2.12 bits per heavy atom. The number of aliphatic hydroxyl groups excluding tert-OH is 1. The molecule has 0 amide bonds. The largest absolute Gasteiger partial charge is 0.497 e. The molecule has 0 radical (unpaired) electrons. The zero-order valence-corrected chi connectivity index (χ0v) is 37.9. The van der Waals surface area contributed by atoms with E-state index in [9.17, 15) is 14.5 Å². The van der Waals surface area contributed by atoms with Gasteiger partial charge < -0.3 is 33.9 Å². The number of nitrogens with one attached hydrogen (secondary N) is 2. The third-order valence-corrected chi connectivity index (χ3v) is 13.5. The summed E-state index contributed by atoms with van der Waals surface area (Å²) in [7, 11) is -3.10. The maximum atomic E-state index is 17.2. The number of ether oxygens (including phenoxy) is 4. The number of fused-ring (bicyclic) bond motifs is 1. The molecule has 15 nitrogen and oxygen atoms in total. The Hall–Kier alpha value is -5.97. The summed E-state index contributed by atoms with van der Waals surface area (Å²) in [5, 5.41) is 17.5. The summed E-state index contributed by atoms with van der Waals surface area (Å²) in [4.78, 5) is 27.2. The Morgan fingerprint density at radius 2 is 1.52 bits per heavy atom. The maximum Gasteiger partial charge on any atom is 0.459 e. The van der Waals surface area contributed by atoms with Gasteiger partial charge in [0.15, 0.2) is 29.2 Å². The summed E-state index contributed by atoms with van der Waals surface area (Å²) in [6, 6.07) is 33.5. The highest BCUT2D eigenvalue weighted by Crippen LogP contribution is 2.52. The smallest absolute Gasteiger partial charge is 0.459 e. The van der Waals surface area contributed by atoms with Crippen LogP contribution in [-0.4, -0.2) is 80.7 Å². The van der Waals surface area contributed by atoms with Crippen LogP contribution in [0.1, 0.15) is 75.8 Å². The van der Waals surface area contributed by atoms with Gasteiger partial charge in [-0.25, -0.2) is 18.3 Å². The molecule has 0 spiro atoms. The Balaban J connectivity index is 1.13. The van der Waals surface area contributed by atoms with Gasteiger partial charge in [-0.1, -0.05) is 97.4 Å². The summed E-state index contributed by atoms with van der Waals surface area (Å²) in [5.41, 5.74) is -1.55. The first-order valence-electron chi connectivity index (χ1n) is 21.9. The number of aromatic nitrogens is 4. The molecule has 6 atom stereocenters. The predicted octanol–water partition coefficient (Wildman–Crippen LogP) is 8.98. The third-order valence-electron chi connectivity index (χ3n) is 11.8. The van der Waals surface area contributed by atoms with Crippen LogP contribution in [0, 0.1) is 0 Å². The standard InChI is InChI=1S/C48H53F2N6O9P/c1-5-61-41-39-40(52-45(53-41)54-48(33-18-10-6-11-19-33,34-20-12-7-13-21-34)35-26-28-36(60-4)29-27-35)56(31-51-39)44-46(3,49)43(58)47(50,64-44)30-62-66(59,65-38-24-16-9-17-25-38)55-32(2)42(57)63-37-22-14-8-15-23-37/h6-7,9-13,16-21,24-29,31-32,37,43-44,58H,5,8,14-15,22-23,30H2,1-4H3,(H,55,59)(H,52,53,54)/t32-,43-,44+,46+,47+,66?/m0/s1. The summed E-state index contributed by atoms with van der Waals surface area (Å²) in [6.07, 6.45) is 0.704. The van der Waals surface area contributed by atoms with Gasteiger partial charge in [-0.15, -0.1) is 0 Å². The number of imidazole rings is 1. The van der Waals surface area contributed by atoms with Crippen molar-refractivity contribution in [2.45, 2.75) is 94.4 Å². The number of anilines is 1. The number of carbonyl (C=O) groups is 1. The highest BCUT2D eigenvalue weighted by Gasteiger charge is 2.65. The average molecular weight is 927 g/mol. The Bertz CT molecular complexity index is 2580. The number of carbonyl (C=O) groups excluding carboxylic acids is 1. The predicted molar refractivity (Wildman–Crippen MR) is 242 cm³/mol. The number of esters is 1. The maximum absolute atomic E-state index is 17.2. The molecule has 0 bridgehead atoms. The van der Waals surface area contributed by atoms with E-state index in [1.807, 2.05) is 84.9 Å². The molecule has 1 aliphatic carbocycles.